The van der Waals surface area contributed by atoms with E-state index < -0.39 is 0 Å². The van der Waals surface area contributed by atoms with Crippen LogP contribution in [0.1, 0.15) is 12.5 Å². The van der Waals surface area contributed by atoms with Crippen LogP contribution in [-0.4, -0.2) is 23.2 Å². The predicted octanol–water partition coefficient (Wildman–Crippen LogP) is 2.02. The van der Waals surface area contributed by atoms with Gasteiger partial charge in [-0.3, -0.25) is 0 Å². The van der Waals surface area contributed by atoms with Gasteiger partial charge in [-0.1, -0.05) is 6.07 Å². The standard InChI is InChI=1S/C12H16N2O/c1-8(13-2)6-9-7-14-10-4-3-5-11(15)12(9)10/h3-5,7-8,13-15H,6H2,1-2H3. The third-order valence-electron chi connectivity index (χ3n) is 2.78. The van der Waals surface area contributed by atoms with Crippen LogP contribution >= 0.6 is 0 Å². The zero-order valence-corrected chi connectivity index (χ0v) is 9.04. The van der Waals surface area contributed by atoms with Crippen molar-refractivity contribution in [2.45, 2.75) is 19.4 Å². The van der Waals surface area contributed by atoms with Crippen molar-refractivity contribution in [2.24, 2.45) is 0 Å². The number of aromatic nitrogens is 1. The van der Waals surface area contributed by atoms with Crippen LogP contribution in [0.3, 0.4) is 0 Å². The van der Waals surface area contributed by atoms with Gasteiger partial charge >= 0.3 is 0 Å². The second-order valence-corrected chi connectivity index (χ2v) is 3.91. The second-order valence-electron chi connectivity index (χ2n) is 3.91. The summed E-state index contributed by atoms with van der Waals surface area (Å²) in [5.74, 6) is 0.354. The lowest BCUT2D eigenvalue weighted by atomic mass is 10.1. The monoisotopic (exact) mass is 204 g/mol. The molecule has 15 heavy (non-hydrogen) atoms. The molecule has 3 N–H and O–H groups in total. The van der Waals surface area contributed by atoms with Crippen molar-refractivity contribution in [2.75, 3.05) is 7.05 Å². The lowest BCUT2D eigenvalue weighted by Gasteiger charge is -2.08. The molecule has 80 valence electrons. The van der Waals surface area contributed by atoms with Gasteiger partial charge in [0.15, 0.2) is 0 Å². The number of aromatic hydroxyl groups is 1. The molecule has 1 aromatic carbocycles. The zero-order valence-electron chi connectivity index (χ0n) is 9.04. The number of benzene rings is 1. The Hall–Kier alpha value is -1.48. The Balaban J connectivity index is 2.43. The molecule has 1 heterocycles. The van der Waals surface area contributed by atoms with Gasteiger partial charge in [-0.25, -0.2) is 0 Å². The van der Waals surface area contributed by atoms with Crippen molar-refractivity contribution in [1.82, 2.24) is 10.3 Å². The summed E-state index contributed by atoms with van der Waals surface area (Å²) in [4.78, 5) is 3.17. The molecule has 0 amide bonds. The van der Waals surface area contributed by atoms with Gasteiger partial charge in [-0.2, -0.15) is 0 Å². The van der Waals surface area contributed by atoms with Gasteiger partial charge in [-0.15, -0.1) is 0 Å². The molecule has 0 saturated carbocycles. The first kappa shape index (κ1) is 10.1. The van der Waals surface area contributed by atoms with E-state index in [1.807, 2.05) is 25.4 Å². The van der Waals surface area contributed by atoms with Gasteiger partial charge in [0.25, 0.3) is 0 Å². The van der Waals surface area contributed by atoms with Crippen LogP contribution < -0.4 is 5.32 Å². The summed E-state index contributed by atoms with van der Waals surface area (Å²) in [5, 5.41) is 13.9. The number of likely N-dealkylation sites (N-methyl/N-ethyl adjacent to an activating group) is 1. The molecule has 3 heteroatoms. The fraction of sp³-hybridized carbons (Fsp3) is 0.333. The van der Waals surface area contributed by atoms with Crippen molar-refractivity contribution in [3.05, 3.63) is 30.0 Å². The van der Waals surface area contributed by atoms with Crippen LogP contribution in [0.4, 0.5) is 0 Å². The van der Waals surface area contributed by atoms with E-state index in [-0.39, 0.29) is 0 Å². The minimum absolute atomic E-state index is 0.354. The molecular formula is C12H16N2O. The van der Waals surface area contributed by atoms with Crippen molar-refractivity contribution in [1.29, 1.82) is 0 Å². The summed E-state index contributed by atoms with van der Waals surface area (Å²) in [6.07, 6.45) is 2.88. The van der Waals surface area contributed by atoms with Crippen LogP contribution in [0.25, 0.3) is 10.9 Å². The van der Waals surface area contributed by atoms with Gasteiger partial charge in [0.05, 0.1) is 0 Å². The summed E-state index contributed by atoms with van der Waals surface area (Å²) in [5.41, 5.74) is 2.15. The highest BCUT2D eigenvalue weighted by atomic mass is 16.3. The maximum Gasteiger partial charge on any atom is 0.125 e. The molecule has 0 radical (unpaired) electrons. The highest BCUT2D eigenvalue weighted by Crippen LogP contribution is 2.28. The largest absolute Gasteiger partial charge is 0.507 e. The maximum absolute atomic E-state index is 9.79. The second kappa shape index (κ2) is 3.95. The number of rotatable bonds is 3. The third kappa shape index (κ3) is 1.83. The summed E-state index contributed by atoms with van der Waals surface area (Å²) >= 11 is 0. The van der Waals surface area contributed by atoms with Crippen molar-refractivity contribution >= 4 is 10.9 Å². The Morgan fingerprint density at radius 1 is 1.47 bits per heavy atom. The molecule has 0 fully saturated rings. The highest BCUT2D eigenvalue weighted by molar-refractivity contribution is 5.89. The minimum atomic E-state index is 0.354. The number of aromatic amines is 1. The fourth-order valence-electron chi connectivity index (χ4n) is 1.83. The zero-order chi connectivity index (χ0) is 10.8. The van der Waals surface area contributed by atoms with Gasteiger partial charge in [-0.05, 0) is 38.1 Å². The Morgan fingerprint density at radius 3 is 3.00 bits per heavy atom. The topological polar surface area (TPSA) is 48.0 Å². The van der Waals surface area contributed by atoms with Crippen molar-refractivity contribution in [3.63, 3.8) is 0 Å². The number of phenols is 1. The van der Waals surface area contributed by atoms with E-state index in [4.69, 9.17) is 0 Å². The minimum Gasteiger partial charge on any atom is -0.507 e. The Bertz CT molecular complexity index is 462. The smallest absolute Gasteiger partial charge is 0.125 e. The molecule has 0 aliphatic heterocycles. The first-order valence-electron chi connectivity index (χ1n) is 5.17. The number of nitrogens with one attached hydrogen (secondary N) is 2. The normalized spacial score (nSPS) is 13.2. The Kier molecular flexibility index (Phi) is 2.64. The molecule has 0 aliphatic rings. The van der Waals surface area contributed by atoms with E-state index in [1.165, 1.54) is 0 Å². The van der Waals surface area contributed by atoms with Gasteiger partial charge in [0.2, 0.25) is 0 Å². The van der Waals surface area contributed by atoms with E-state index in [0.717, 1.165) is 22.9 Å². The molecule has 1 unspecified atom stereocenters. The molecule has 1 aromatic heterocycles. The average Bonchev–Trinajstić information content (AvgIpc) is 2.63. The van der Waals surface area contributed by atoms with Crippen LogP contribution in [-0.2, 0) is 6.42 Å². The fourth-order valence-corrected chi connectivity index (χ4v) is 1.83. The lowest BCUT2D eigenvalue weighted by molar-refractivity contribution is 0.481. The molecule has 0 bridgehead atoms. The molecule has 0 saturated heterocycles. The summed E-state index contributed by atoms with van der Waals surface area (Å²) in [6, 6.07) is 5.95. The summed E-state index contributed by atoms with van der Waals surface area (Å²) < 4.78 is 0. The highest BCUT2D eigenvalue weighted by Gasteiger charge is 2.09. The first-order chi connectivity index (χ1) is 7.22. The molecular weight excluding hydrogens is 188 g/mol. The molecule has 2 aromatic rings. The third-order valence-corrected chi connectivity index (χ3v) is 2.78. The van der Waals surface area contributed by atoms with Crippen LogP contribution in [0.2, 0.25) is 0 Å². The average molecular weight is 204 g/mol. The van der Waals surface area contributed by atoms with Gasteiger partial charge < -0.3 is 15.4 Å². The number of fused-ring (bicyclic) bond motifs is 1. The summed E-state index contributed by atoms with van der Waals surface area (Å²) in [7, 11) is 1.94. The number of hydrogen-bond acceptors (Lipinski definition) is 2. The quantitative estimate of drug-likeness (QED) is 0.716. The number of H-pyrrole nitrogens is 1. The predicted molar refractivity (Wildman–Crippen MR) is 62.2 cm³/mol. The van der Waals surface area contributed by atoms with Crippen molar-refractivity contribution in [3.8, 4) is 5.75 Å². The number of hydrogen-bond donors (Lipinski definition) is 3. The summed E-state index contributed by atoms with van der Waals surface area (Å²) in [6.45, 7) is 2.12. The van der Waals surface area contributed by atoms with E-state index >= 15 is 0 Å². The van der Waals surface area contributed by atoms with Gasteiger partial charge in [0, 0.05) is 23.1 Å². The van der Waals surface area contributed by atoms with Gasteiger partial charge in [0.1, 0.15) is 5.75 Å². The molecule has 1 atom stereocenters. The van der Waals surface area contributed by atoms with Crippen LogP contribution in [0.5, 0.6) is 5.75 Å². The Labute approximate surface area is 89.1 Å². The molecule has 0 spiro atoms. The molecule has 3 nitrogen and oxygen atoms in total. The lowest BCUT2D eigenvalue weighted by Crippen LogP contribution is -2.23. The maximum atomic E-state index is 9.79. The van der Waals surface area contributed by atoms with E-state index in [0.29, 0.717) is 11.8 Å². The van der Waals surface area contributed by atoms with E-state index in [1.54, 1.807) is 6.07 Å². The van der Waals surface area contributed by atoms with Crippen LogP contribution in [0.15, 0.2) is 24.4 Å². The van der Waals surface area contributed by atoms with Crippen LogP contribution in [0, 0.1) is 0 Å². The molecule has 0 aliphatic carbocycles. The first-order valence-corrected chi connectivity index (χ1v) is 5.17. The molecule has 2 rings (SSSR count). The van der Waals surface area contributed by atoms with E-state index in [2.05, 4.69) is 17.2 Å². The van der Waals surface area contributed by atoms with Crippen molar-refractivity contribution < 1.29 is 5.11 Å². The number of phenolic OH excluding ortho intramolecular Hbond substituents is 1. The van der Waals surface area contributed by atoms with E-state index in [9.17, 15) is 5.11 Å². The Morgan fingerprint density at radius 2 is 2.27 bits per heavy atom. The SMILES string of the molecule is CNC(C)Cc1c[nH]c2cccc(O)c12.